The number of aliphatic hydroxyl groups is 1. The number of unbranched alkanes of at least 4 members (excludes halogenated alkanes) is 4. The number of carboxylic acids is 3. The number of hydrogen-bond donors (Lipinski definition) is 6. The fourth-order valence-electron chi connectivity index (χ4n) is 2.17. The Hall–Kier alpha value is -1.71. The predicted molar refractivity (Wildman–Crippen MR) is 122 cm³/mol. The molecule has 0 aromatic heterocycles. The van der Waals surface area contributed by atoms with Crippen molar-refractivity contribution >= 4 is 17.9 Å². The Labute approximate surface area is 187 Å². The van der Waals surface area contributed by atoms with Crippen LogP contribution < -0.4 is 10.6 Å². The summed E-state index contributed by atoms with van der Waals surface area (Å²) in [4.78, 5) is 30.5. The highest BCUT2D eigenvalue weighted by Crippen LogP contribution is 2.15. The Morgan fingerprint density at radius 3 is 1.03 bits per heavy atom. The maximum atomic E-state index is 10.3. The van der Waals surface area contributed by atoms with Crippen molar-refractivity contribution in [2.45, 2.75) is 97.5 Å². The van der Waals surface area contributed by atoms with Gasteiger partial charge in [0.1, 0.15) is 0 Å². The number of aliphatic carboxylic acids is 3. The van der Waals surface area contributed by atoms with Crippen molar-refractivity contribution in [2.24, 2.45) is 0 Å². The van der Waals surface area contributed by atoms with Gasteiger partial charge in [-0.3, -0.25) is 9.59 Å². The lowest BCUT2D eigenvalue weighted by molar-refractivity contribution is -0.170. The third-order valence-electron chi connectivity index (χ3n) is 4.11. The summed E-state index contributed by atoms with van der Waals surface area (Å²) in [6, 6.07) is 0. The van der Waals surface area contributed by atoms with E-state index < -0.39 is 36.4 Å². The summed E-state index contributed by atoms with van der Waals surface area (Å²) >= 11 is 0. The van der Waals surface area contributed by atoms with Gasteiger partial charge < -0.3 is 31.1 Å². The van der Waals surface area contributed by atoms with Gasteiger partial charge in [0.15, 0.2) is 5.60 Å². The van der Waals surface area contributed by atoms with Gasteiger partial charge in [-0.25, -0.2) is 4.79 Å². The molecule has 9 heteroatoms. The van der Waals surface area contributed by atoms with E-state index in [9.17, 15) is 14.4 Å². The Bertz CT molecular complexity index is 404. The summed E-state index contributed by atoms with van der Waals surface area (Å²) in [5.41, 5.74) is -2.74. The van der Waals surface area contributed by atoms with E-state index in [1.807, 2.05) is 0 Å². The lowest BCUT2D eigenvalue weighted by Gasteiger charge is -2.18. The van der Waals surface area contributed by atoms with Crippen LogP contribution in [0.3, 0.4) is 0 Å². The second-order valence-corrected chi connectivity index (χ2v) is 7.39. The highest BCUT2D eigenvalue weighted by Gasteiger charge is 2.40. The molecule has 9 nitrogen and oxygen atoms in total. The van der Waals surface area contributed by atoms with Crippen LogP contribution in [-0.2, 0) is 14.4 Å². The molecule has 0 aromatic rings. The molecule has 0 atom stereocenters. The van der Waals surface area contributed by atoms with E-state index in [0.29, 0.717) is 0 Å². The third kappa shape index (κ3) is 28.3. The molecule has 0 saturated carbocycles. The number of hydrogen-bond acceptors (Lipinski definition) is 6. The Morgan fingerprint density at radius 1 is 0.613 bits per heavy atom. The molecule has 31 heavy (non-hydrogen) atoms. The summed E-state index contributed by atoms with van der Waals surface area (Å²) in [6.45, 7) is 13.7. The van der Waals surface area contributed by atoms with E-state index in [1.165, 1.54) is 77.5 Å². The predicted octanol–water partition coefficient (Wildman–Crippen LogP) is 3.10. The summed E-state index contributed by atoms with van der Waals surface area (Å²) in [7, 11) is 0. The molecule has 6 N–H and O–H groups in total. The first kappa shape index (κ1) is 33.9. The Balaban J connectivity index is -0.000000390. The van der Waals surface area contributed by atoms with Gasteiger partial charge in [-0.1, -0.05) is 53.4 Å². The van der Waals surface area contributed by atoms with E-state index in [0.717, 1.165) is 0 Å². The van der Waals surface area contributed by atoms with Crippen molar-refractivity contribution < 1.29 is 34.8 Å². The SMILES string of the molecule is CCCCNCCCC.CCCCNCCCC.O=C(O)CC(O)(CC(=O)O)C(=O)O. The normalized spacial score (nSPS) is 10.4. The number of nitrogens with one attached hydrogen (secondary N) is 2. The molecular weight excluding hydrogens is 404 g/mol. The quantitative estimate of drug-likeness (QED) is 0.183. The van der Waals surface area contributed by atoms with Crippen molar-refractivity contribution in [2.75, 3.05) is 26.2 Å². The molecule has 0 amide bonds. The minimum atomic E-state index is -2.74. The highest BCUT2D eigenvalue weighted by atomic mass is 16.4. The first-order valence-corrected chi connectivity index (χ1v) is 11.4. The fraction of sp³-hybridized carbons (Fsp3) is 0.864. The fourth-order valence-corrected chi connectivity index (χ4v) is 2.17. The Kier molecular flexibility index (Phi) is 26.9. The molecule has 0 aliphatic heterocycles. The smallest absolute Gasteiger partial charge is 0.336 e. The number of carbonyl (C=O) groups is 3. The zero-order valence-corrected chi connectivity index (χ0v) is 19.9. The second-order valence-electron chi connectivity index (χ2n) is 7.39. The molecule has 0 rings (SSSR count). The van der Waals surface area contributed by atoms with Crippen LogP contribution in [0.15, 0.2) is 0 Å². The molecular formula is C22H46N2O7. The largest absolute Gasteiger partial charge is 0.481 e. The second kappa shape index (κ2) is 24.6. The standard InChI is InChI=1S/2C8H19N.C6H8O7/c2*1-3-5-7-9-8-6-4-2;7-3(8)1-6(13,5(11)12)2-4(9)10/h2*9H,3-8H2,1-2H3;13H,1-2H2,(H,7,8)(H,9,10)(H,11,12). The van der Waals surface area contributed by atoms with Crippen LogP contribution in [0.1, 0.15) is 91.9 Å². The maximum absolute atomic E-state index is 10.3. The van der Waals surface area contributed by atoms with Crippen LogP contribution in [0.5, 0.6) is 0 Å². The van der Waals surface area contributed by atoms with Crippen molar-refractivity contribution in [1.29, 1.82) is 0 Å². The van der Waals surface area contributed by atoms with Gasteiger partial charge in [0.05, 0.1) is 12.8 Å². The van der Waals surface area contributed by atoms with Gasteiger partial charge in [-0.2, -0.15) is 0 Å². The zero-order chi connectivity index (χ0) is 24.5. The van der Waals surface area contributed by atoms with Crippen molar-refractivity contribution in [3.05, 3.63) is 0 Å². The van der Waals surface area contributed by atoms with Crippen LogP contribution in [0.4, 0.5) is 0 Å². The summed E-state index contributed by atoms with van der Waals surface area (Å²) in [5.74, 6) is -5.02. The van der Waals surface area contributed by atoms with Crippen molar-refractivity contribution in [1.82, 2.24) is 10.6 Å². The molecule has 0 aliphatic carbocycles. The van der Waals surface area contributed by atoms with E-state index >= 15 is 0 Å². The van der Waals surface area contributed by atoms with Gasteiger partial charge >= 0.3 is 17.9 Å². The van der Waals surface area contributed by atoms with Crippen LogP contribution in [-0.4, -0.2) is 70.1 Å². The molecule has 0 aromatic carbocycles. The van der Waals surface area contributed by atoms with Gasteiger partial charge in [0.2, 0.25) is 0 Å². The topological polar surface area (TPSA) is 156 Å². The van der Waals surface area contributed by atoms with Crippen molar-refractivity contribution in [3.63, 3.8) is 0 Å². The summed E-state index contributed by atoms with van der Waals surface area (Å²) in [6.07, 6.45) is 8.22. The van der Waals surface area contributed by atoms with Crippen molar-refractivity contribution in [3.8, 4) is 0 Å². The molecule has 0 fully saturated rings. The highest BCUT2D eigenvalue weighted by molar-refractivity contribution is 5.88. The first-order valence-electron chi connectivity index (χ1n) is 11.4. The van der Waals surface area contributed by atoms with Gasteiger partial charge in [-0.15, -0.1) is 0 Å². The van der Waals surface area contributed by atoms with Crippen LogP contribution >= 0.6 is 0 Å². The summed E-state index contributed by atoms with van der Waals surface area (Å²) in [5, 5.41) is 40.6. The molecule has 0 bridgehead atoms. The van der Waals surface area contributed by atoms with Crippen LogP contribution in [0, 0.1) is 0 Å². The third-order valence-corrected chi connectivity index (χ3v) is 4.11. The van der Waals surface area contributed by atoms with E-state index in [1.54, 1.807) is 0 Å². The number of rotatable bonds is 17. The average Bonchev–Trinajstić information content (AvgIpc) is 2.67. The molecule has 186 valence electrons. The molecule has 0 saturated heterocycles. The average molecular weight is 451 g/mol. The molecule has 0 aliphatic rings. The number of carboxylic acid groups (broad SMARTS) is 3. The monoisotopic (exact) mass is 450 g/mol. The van der Waals surface area contributed by atoms with Gasteiger partial charge in [0, 0.05) is 0 Å². The van der Waals surface area contributed by atoms with Gasteiger partial charge in [-0.05, 0) is 51.9 Å². The van der Waals surface area contributed by atoms with E-state index in [4.69, 9.17) is 20.4 Å². The maximum Gasteiger partial charge on any atom is 0.336 e. The minimum absolute atomic E-state index is 1.14. The molecule has 0 heterocycles. The minimum Gasteiger partial charge on any atom is -0.481 e. The zero-order valence-electron chi connectivity index (χ0n) is 19.9. The molecule has 0 radical (unpaired) electrons. The van der Waals surface area contributed by atoms with Crippen LogP contribution in [0.25, 0.3) is 0 Å². The summed E-state index contributed by atoms with van der Waals surface area (Å²) < 4.78 is 0. The first-order chi connectivity index (χ1) is 14.6. The van der Waals surface area contributed by atoms with Crippen LogP contribution in [0.2, 0.25) is 0 Å². The lowest BCUT2D eigenvalue weighted by Crippen LogP contribution is -2.42. The molecule has 0 unspecified atom stereocenters. The van der Waals surface area contributed by atoms with E-state index in [-0.39, 0.29) is 0 Å². The molecule has 0 spiro atoms. The Morgan fingerprint density at radius 2 is 0.871 bits per heavy atom. The lowest BCUT2D eigenvalue weighted by atomic mass is 9.96. The van der Waals surface area contributed by atoms with E-state index in [2.05, 4.69) is 38.3 Å². The van der Waals surface area contributed by atoms with Gasteiger partial charge in [0.25, 0.3) is 0 Å².